The van der Waals surface area contributed by atoms with Crippen LogP contribution in [0.4, 0.5) is 11.6 Å². The summed E-state index contributed by atoms with van der Waals surface area (Å²) in [4.78, 5) is 79.7. The Bertz CT molecular complexity index is 4730. The van der Waals surface area contributed by atoms with E-state index in [1.807, 2.05) is 110 Å². The first-order valence-electron chi connectivity index (χ1n) is 26.1. The second-order valence-corrected chi connectivity index (χ2v) is 19.1. The number of anilines is 2. The lowest BCUT2D eigenvalue weighted by atomic mass is 10.0. The fourth-order valence-electron chi connectivity index (χ4n) is 9.76. The van der Waals surface area contributed by atoms with Gasteiger partial charge in [0.2, 0.25) is 5.88 Å². The van der Waals surface area contributed by atoms with E-state index in [0.717, 1.165) is 0 Å². The molecule has 0 fully saturated rings. The highest BCUT2D eigenvalue weighted by Gasteiger charge is 2.26. The molecule has 7 heterocycles. The van der Waals surface area contributed by atoms with E-state index in [2.05, 4.69) is 59.5 Å². The quantitative estimate of drug-likeness (QED) is 0.101. The Kier molecular flexibility index (Phi) is 14.7. The normalized spacial score (nSPS) is 12.5. The van der Waals surface area contributed by atoms with Gasteiger partial charge in [0.15, 0.2) is 28.7 Å². The summed E-state index contributed by atoms with van der Waals surface area (Å²) < 4.78 is 11.3. The minimum absolute atomic E-state index is 0.0107. The monoisotopic (exact) mass is 1100 g/mol. The van der Waals surface area contributed by atoms with Crippen LogP contribution in [0.15, 0.2) is 198 Å². The molecule has 11 aromatic rings. The Morgan fingerprint density at radius 1 is 0.590 bits per heavy atom. The molecule has 0 unspecified atom stereocenters. The van der Waals surface area contributed by atoms with Gasteiger partial charge in [-0.2, -0.15) is 0 Å². The Morgan fingerprint density at radius 3 is 1.59 bits per heavy atom. The molecule has 0 aliphatic heterocycles. The zero-order valence-electron chi connectivity index (χ0n) is 44.8. The van der Waals surface area contributed by atoms with Crippen molar-refractivity contribution < 1.29 is 19.1 Å². The van der Waals surface area contributed by atoms with E-state index in [0.29, 0.717) is 90.2 Å². The van der Waals surface area contributed by atoms with Crippen molar-refractivity contribution in [3.05, 3.63) is 248 Å². The molecule has 0 bridgehead atoms. The van der Waals surface area contributed by atoms with Crippen LogP contribution < -0.4 is 38.0 Å². The maximum Gasteiger partial charge on any atom is 0.264 e. The van der Waals surface area contributed by atoms with Crippen molar-refractivity contribution in [2.24, 2.45) is 0 Å². The number of fused-ring (bicyclic) bond motifs is 4. The van der Waals surface area contributed by atoms with Crippen LogP contribution >= 0.6 is 0 Å². The van der Waals surface area contributed by atoms with E-state index >= 15 is 0 Å². The summed E-state index contributed by atoms with van der Waals surface area (Å²) in [6.45, 7) is 3.61. The molecule has 83 heavy (non-hydrogen) atoms. The number of benzene rings is 4. The predicted octanol–water partition coefficient (Wildman–Crippen LogP) is 7.82. The summed E-state index contributed by atoms with van der Waals surface area (Å²) in [5.41, 5.74) is 17.5. The second kappa shape index (κ2) is 22.9. The lowest BCUT2D eigenvalue weighted by Gasteiger charge is -2.21. The molecule has 6 N–H and O–H groups in total. The lowest BCUT2D eigenvalue weighted by Crippen LogP contribution is -2.32. The van der Waals surface area contributed by atoms with E-state index in [1.54, 1.807) is 96.6 Å². The molecule has 0 saturated heterocycles. The van der Waals surface area contributed by atoms with E-state index < -0.39 is 23.9 Å². The van der Waals surface area contributed by atoms with Gasteiger partial charge in [-0.1, -0.05) is 90.4 Å². The summed E-state index contributed by atoms with van der Waals surface area (Å²) in [5, 5.41) is 16.6. The fraction of sp³-hybridized carbons (Fsp3) is 0.0938. The zero-order valence-corrected chi connectivity index (χ0v) is 44.8. The van der Waals surface area contributed by atoms with Crippen molar-refractivity contribution in [1.82, 2.24) is 53.9 Å². The standard InChI is InChI=1S/C32H25N7O3.C32H24N6O3/c1-20(36-31(40)28-29(33)37-38-17-7-15-35-30(28)38)25-19-23-9-6-8-22(13-12-21-14-16-34-26(18-21)42-2)27(23)32(41)39(25)24-10-4-3-5-11-24;1-20(35-31(40)28-29(33)36-37-17-7-16-34-30(28)37)26-19-23-10-6-9-22(15-14-21-8-5-13-25(39)18-21)27(23)32(41)38(26)24-11-3-2-4-12-24/h3-11,14-20H,1-2H3,(H2,33,37)(H,36,40);2-12,16-20H,13H2,1H3,(H2,33,36)(H,35,40)/t2*20-/m00/s1. The van der Waals surface area contributed by atoms with Crippen LogP contribution in [0.1, 0.15) is 81.1 Å². The van der Waals surface area contributed by atoms with Crippen LogP contribution in [0.2, 0.25) is 0 Å². The highest BCUT2D eigenvalue weighted by molar-refractivity contribution is 6.05. The minimum atomic E-state index is -0.601. The number of nitrogen functional groups attached to an aromatic ring is 2. The number of rotatable bonds is 9. The SMILES string of the molecule is COc1cc(C#Cc2cccc3cc([C@H](C)NC(=O)c4c(N)nn5cccnc45)n(-c4ccccc4)c(=O)c23)ccn1.C[C@H](NC(=O)c1c(N)nn2cccnc12)c1cc2cccc(C#CC3=CC(=O)CC=C3)c2c(=O)n1-c1ccccc1. The van der Waals surface area contributed by atoms with Gasteiger partial charge in [-0.3, -0.25) is 33.1 Å². The third-order valence-electron chi connectivity index (χ3n) is 13.6. The van der Waals surface area contributed by atoms with Crippen molar-refractivity contribution in [3.8, 4) is 40.9 Å². The molecule has 0 saturated carbocycles. The van der Waals surface area contributed by atoms with Gasteiger partial charge in [-0.15, -0.1) is 10.2 Å². The number of aromatic nitrogens is 9. The topological polar surface area (TPSA) is 254 Å². The average molecular weight is 1100 g/mol. The molecule has 406 valence electrons. The molecule has 7 aromatic heterocycles. The number of allylic oxidation sites excluding steroid dienone is 4. The van der Waals surface area contributed by atoms with Gasteiger partial charge in [0.05, 0.1) is 30.0 Å². The van der Waals surface area contributed by atoms with E-state index in [4.69, 9.17) is 16.2 Å². The molecule has 2 amide bonds. The average Bonchev–Trinajstić information content (AvgIpc) is 4.22. The first-order chi connectivity index (χ1) is 40.3. The zero-order chi connectivity index (χ0) is 57.7. The lowest BCUT2D eigenvalue weighted by molar-refractivity contribution is -0.113. The van der Waals surface area contributed by atoms with Gasteiger partial charge < -0.3 is 26.8 Å². The number of nitrogens with two attached hydrogens (primary N) is 2. The molecule has 19 nitrogen and oxygen atoms in total. The van der Waals surface area contributed by atoms with Crippen LogP contribution in [0, 0.1) is 23.7 Å². The second-order valence-electron chi connectivity index (χ2n) is 19.1. The van der Waals surface area contributed by atoms with Crippen molar-refractivity contribution in [3.63, 3.8) is 0 Å². The number of hydrogen-bond acceptors (Lipinski definition) is 13. The molecule has 19 heteroatoms. The molecule has 0 spiro atoms. The van der Waals surface area contributed by atoms with Crippen molar-refractivity contribution in [2.75, 3.05) is 18.6 Å². The largest absolute Gasteiger partial charge is 0.481 e. The van der Waals surface area contributed by atoms with E-state index in [-0.39, 0.29) is 39.7 Å². The maximum absolute atomic E-state index is 14.2. The third kappa shape index (κ3) is 10.8. The van der Waals surface area contributed by atoms with Crippen LogP contribution in [-0.4, -0.2) is 68.0 Å². The van der Waals surface area contributed by atoms with E-state index in [1.165, 1.54) is 15.1 Å². The summed E-state index contributed by atoms with van der Waals surface area (Å²) in [6, 6.07) is 38.9. The number of carbonyl (C=O) groups excluding carboxylic acids is 3. The van der Waals surface area contributed by atoms with Crippen LogP contribution in [-0.2, 0) is 4.79 Å². The highest BCUT2D eigenvalue weighted by atomic mass is 16.5. The first kappa shape index (κ1) is 53.3. The molecule has 1 aliphatic rings. The number of pyridine rings is 3. The fourth-order valence-corrected chi connectivity index (χ4v) is 9.76. The predicted molar refractivity (Wildman–Crippen MR) is 316 cm³/mol. The number of amides is 2. The number of hydrogen-bond donors (Lipinski definition) is 4. The van der Waals surface area contributed by atoms with Crippen molar-refractivity contribution in [1.29, 1.82) is 0 Å². The maximum atomic E-state index is 14.2. The molecular weight excluding hydrogens is 1050 g/mol. The van der Waals surface area contributed by atoms with Crippen molar-refractivity contribution >= 4 is 62.1 Å². The highest BCUT2D eigenvalue weighted by Crippen LogP contribution is 2.27. The Balaban J connectivity index is 0.000000174. The number of carbonyl (C=O) groups is 3. The first-order valence-corrected chi connectivity index (χ1v) is 26.1. The van der Waals surface area contributed by atoms with Crippen LogP contribution in [0.5, 0.6) is 5.88 Å². The number of para-hydroxylation sites is 2. The summed E-state index contributed by atoms with van der Waals surface area (Å²) >= 11 is 0. The third-order valence-corrected chi connectivity index (χ3v) is 13.6. The molecule has 4 aromatic carbocycles. The number of nitrogens with zero attached hydrogens (tertiary/aromatic N) is 9. The Hall–Kier alpha value is -11.7. The molecule has 1 aliphatic carbocycles. The van der Waals surface area contributed by atoms with Crippen molar-refractivity contribution in [2.45, 2.75) is 32.4 Å². The summed E-state index contributed by atoms with van der Waals surface area (Å²) in [6.07, 6.45) is 13.5. The molecule has 12 rings (SSSR count). The number of methoxy groups -OCH3 is 1. The number of nitrogens with one attached hydrogen (secondary N) is 2. The van der Waals surface area contributed by atoms with Gasteiger partial charge >= 0.3 is 0 Å². The van der Waals surface area contributed by atoms with Gasteiger partial charge in [0, 0.05) is 88.5 Å². The van der Waals surface area contributed by atoms with Gasteiger partial charge in [-0.05, 0) is 104 Å². The van der Waals surface area contributed by atoms with E-state index in [9.17, 15) is 24.0 Å². The smallest absolute Gasteiger partial charge is 0.264 e. The molecule has 0 radical (unpaired) electrons. The Morgan fingerprint density at radius 2 is 1.10 bits per heavy atom. The van der Waals surface area contributed by atoms with Crippen LogP contribution in [0.25, 0.3) is 44.2 Å². The van der Waals surface area contributed by atoms with Gasteiger partial charge in [-0.25, -0.2) is 24.0 Å². The van der Waals surface area contributed by atoms with Crippen LogP contribution in [0.3, 0.4) is 0 Å². The Labute approximate surface area is 473 Å². The van der Waals surface area contributed by atoms with Gasteiger partial charge in [0.1, 0.15) is 11.1 Å². The number of ether oxygens (including phenoxy) is 1. The molecule has 2 atom stereocenters. The summed E-state index contributed by atoms with van der Waals surface area (Å²) in [7, 11) is 1.54. The minimum Gasteiger partial charge on any atom is -0.481 e. The summed E-state index contributed by atoms with van der Waals surface area (Å²) in [5.74, 6) is 12.0. The molecular formula is C64H49N13O6. The van der Waals surface area contributed by atoms with Gasteiger partial charge in [0.25, 0.3) is 22.9 Å². The number of ketones is 1.